The van der Waals surface area contributed by atoms with E-state index >= 15 is 0 Å². The van der Waals surface area contributed by atoms with Crippen LogP contribution in [0.15, 0.2) is 34.1 Å². The fraction of sp³-hybridized carbons (Fsp3) is 0.611. The molecule has 0 spiro atoms. The number of carbonyl (C=O) groups is 1. The second-order valence-electron chi connectivity index (χ2n) is 7.50. The minimum atomic E-state index is -3.49. The first-order chi connectivity index (χ1) is 12.0. The highest BCUT2D eigenvalue weighted by molar-refractivity contribution is 7.98. The summed E-state index contributed by atoms with van der Waals surface area (Å²) in [4.78, 5) is 14.8. The average molecular weight is 402 g/mol. The van der Waals surface area contributed by atoms with Gasteiger partial charge in [0.25, 0.3) is 0 Å². The summed E-state index contributed by atoms with van der Waals surface area (Å²) in [6, 6.07) is 6.75. The number of β-amino-alcohol motifs (C(OH)–C–C–N with tert-alkyl or cyclic N) is 1. The van der Waals surface area contributed by atoms with Gasteiger partial charge in [0.05, 0.1) is 23.3 Å². The van der Waals surface area contributed by atoms with Crippen LogP contribution in [0.25, 0.3) is 0 Å². The summed E-state index contributed by atoms with van der Waals surface area (Å²) in [5.41, 5.74) is -0.606. The Morgan fingerprint density at radius 1 is 1.31 bits per heavy atom. The van der Waals surface area contributed by atoms with Crippen molar-refractivity contribution in [3.8, 4) is 0 Å². The van der Waals surface area contributed by atoms with E-state index in [1.807, 2.05) is 6.26 Å². The molecule has 0 bridgehead atoms. The van der Waals surface area contributed by atoms with Crippen molar-refractivity contribution in [3.05, 3.63) is 24.3 Å². The summed E-state index contributed by atoms with van der Waals surface area (Å²) in [5.74, 6) is -0.534. The van der Waals surface area contributed by atoms with Crippen LogP contribution in [0.5, 0.6) is 0 Å². The molecule has 1 heterocycles. The molecule has 0 aliphatic carbocycles. The fourth-order valence-corrected chi connectivity index (χ4v) is 4.93. The molecule has 0 radical (unpaired) electrons. The number of likely N-dealkylation sites (tertiary alicyclic amines) is 1. The molecule has 1 fully saturated rings. The number of hydrogen-bond acceptors (Lipinski definition) is 6. The van der Waals surface area contributed by atoms with Crippen molar-refractivity contribution in [2.24, 2.45) is 5.92 Å². The van der Waals surface area contributed by atoms with E-state index in [1.54, 1.807) is 56.8 Å². The van der Waals surface area contributed by atoms with Crippen LogP contribution in [0.3, 0.4) is 0 Å². The van der Waals surface area contributed by atoms with Crippen LogP contribution in [-0.4, -0.2) is 61.3 Å². The van der Waals surface area contributed by atoms with Gasteiger partial charge in [0.2, 0.25) is 0 Å². The van der Waals surface area contributed by atoms with E-state index in [4.69, 9.17) is 4.74 Å². The summed E-state index contributed by atoms with van der Waals surface area (Å²) in [5, 5.41) is 10.4. The Labute approximate surface area is 159 Å². The molecular formula is C18H27NO5S2. The van der Waals surface area contributed by atoms with E-state index < -0.39 is 33.6 Å². The highest BCUT2D eigenvalue weighted by Crippen LogP contribution is 2.25. The molecule has 0 saturated carbocycles. The molecule has 1 aliphatic heterocycles. The van der Waals surface area contributed by atoms with E-state index in [1.165, 1.54) is 4.90 Å². The molecule has 2 rings (SSSR count). The van der Waals surface area contributed by atoms with Crippen LogP contribution in [0.2, 0.25) is 0 Å². The molecule has 1 amide bonds. The highest BCUT2D eigenvalue weighted by atomic mass is 32.2. The van der Waals surface area contributed by atoms with Gasteiger partial charge < -0.3 is 14.7 Å². The molecular weight excluding hydrogens is 374 g/mol. The Morgan fingerprint density at radius 3 is 2.42 bits per heavy atom. The van der Waals surface area contributed by atoms with E-state index in [0.29, 0.717) is 13.0 Å². The first-order valence-electron chi connectivity index (χ1n) is 8.54. The lowest BCUT2D eigenvalue weighted by molar-refractivity contribution is -0.00894. The topological polar surface area (TPSA) is 83.9 Å². The molecule has 1 aromatic carbocycles. The van der Waals surface area contributed by atoms with Gasteiger partial charge in [-0.05, 0) is 57.7 Å². The summed E-state index contributed by atoms with van der Waals surface area (Å²) >= 11 is 1.55. The maximum absolute atomic E-state index is 12.6. The molecule has 1 aromatic rings. The van der Waals surface area contributed by atoms with Gasteiger partial charge in [-0.15, -0.1) is 11.8 Å². The number of amides is 1. The SMILES string of the molecule is CSc1ccc(S(=O)(=O)C[C@H]2CCN(C(=O)OC(C)(C)C)C[C@H]2O)cc1. The largest absolute Gasteiger partial charge is 0.444 e. The lowest BCUT2D eigenvalue weighted by Crippen LogP contribution is -2.49. The Bertz CT molecular complexity index is 725. The summed E-state index contributed by atoms with van der Waals surface area (Å²) < 4.78 is 30.6. The first-order valence-corrected chi connectivity index (χ1v) is 11.4. The highest BCUT2D eigenvalue weighted by Gasteiger charge is 2.35. The van der Waals surface area contributed by atoms with Crippen molar-refractivity contribution in [1.29, 1.82) is 0 Å². The van der Waals surface area contributed by atoms with Gasteiger partial charge in [-0.3, -0.25) is 0 Å². The van der Waals surface area contributed by atoms with E-state index in [9.17, 15) is 18.3 Å². The number of nitrogens with zero attached hydrogens (tertiary/aromatic N) is 1. The number of benzene rings is 1. The van der Waals surface area contributed by atoms with Gasteiger partial charge in [-0.2, -0.15) is 0 Å². The first kappa shape index (κ1) is 21.1. The van der Waals surface area contributed by atoms with Gasteiger partial charge in [0.15, 0.2) is 9.84 Å². The van der Waals surface area contributed by atoms with Crippen LogP contribution in [-0.2, 0) is 14.6 Å². The molecule has 0 aromatic heterocycles. The van der Waals surface area contributed by atoms with E-state index in [0.717, 1.165) is 4.90 Å². The molecule has 1 aliphatic rings. The maximum Gasteiger partial charge on any atom is 0.410 e. The third-order valence-electron chi connectivity index (χ3n) is 4.23. The second kappa shape index (κ2) is 8.19. The number of piperidine rings is 1. The van der Waals surface area contributed by atoms with Crippen molar-refractivity contribution >= 4 is 27.7 Å². The minimum Gasteiger partial charge on any atom is -0.444 e. The van der Waals surface area contributed by atoms with Gasteiger partial charge in [0, 0.05) is 17.4 Å². The molecule has 1 N–H and O–H groups in total. The molecule has 8 heteroatoms. The zero-order valence-electron chi connectivity index (χ0n) is 15.6. The van der Waals surface area contributed by atoms with Crippen molar-refractivity contribution in [1.82, 2.24) is 4.90 Å². The van der Waals surface area contributed by atoms with Crippen molar-refractivity contribution in [2.45, 2.75) is 48.7 Å². The number of aliphatic hydroxyl groups is 1. The Morgan fingerprint density at radius 2 is 1.92 bits per heavy atom. The van der Waals surface area contributed by atoms with Gasteiger partial charge >= 0.3 is 6.09 Å². The zero-order valence-corrected chi connectivity index (χ0v) is 17.3. The van der Waals surface area contributed by atoms with Crippen molar-refractivity contribution < 1.29 is 23.1 Å². The standard InChI is InChI=1S/C18H27NO5S2/c1-18(2,3)24-17(21)19-10-9-13(16(20)11-19)12-26(22,23)15-7-5-14(25-4)6-8-15/h5-8,13,16,20H,9-12H2,1-4H3/t13-,16-/m1/s1. The average Bonchev–Trinajstić information content (AvgIpc) is 2.55. The Balaban J connectivity index is 1.99. The summed E-state index contributed by atoms with van der Waals surface area (Å²) in [7, 11) is -3.49. The van der Waals surface area contributed by atoms with Gasteiger partial charge in [-0.25, -0.2) is 13.2 Å². The predicted molar refractivity (Wildman–Crippen MR) is 102 cm³/mol. The normalized spacial score (nSPS) is 21.5. The quantitative estimate of drug-likeness (QED) is 0.781. The molecule has 0 unspecified atom stereocenters. The van der Waals surface area contributed by atoms with Crippen LogP contribution in [0.4, 0.5) is 4.79 Å². The number of ether oxygens (including phenoxy) is 1. The lowest BCUT2D eigenvalue weighted by Gasteiger charge is -2.36. The number of thioether (sulfide) groups is 1. The summed E-state index contributed by atoms with van der Waals surface area (Å²) in [6.45, 7) is 5.80. The van der Waals surface area contributed by atoms with Gasteiger partial charge in [0.1, 0.15) is 5.60 Å². The van der Waals surface area contributed by atoms with Crippen LogP contribution >= 0.6 is 11.8 Å². The molecule has 146 valence electrons. The maximum atomic E-state index is 12.6. The number of aliphatic hydroxyl groups excluding tert-OH is 1. The van der Waals surface area contributed by atoms with E-state index in [2.05, 4.69) is 0 Å². The van der Waals surface area contributed by atoms with Crippen molar-refractivity contribution in [3.63, 3.8) is 0 Å². The van der Waals surface area contributed by atoms with E-state index in [-0.39, 0.29) is 17.2 Å². The molecule has 26 heavy (non-hydrogen) atoms. The van der Waals surface area contributed by atoms with Crippen LogP contribution in [0, 0.1) is 5.92 Å². The Hall–Kier alpha value is -1.25. The number of sulfone groups is 1. The van der Waals surface area contributed by atoms with Crippen LogP contribution in [0.1, 0.15) is 27.2 Å². The fourth-order valence-electron chi connectivity index (χ4n) is 2.83. The Kier molecular flexibility index (Phi) is 6.63. The lowest BCUT2D eigenvalue weighted by atomic mass is 9.96. The summed E-state index contributed by atoms with van der Waals surface area (Å²) in [6.07, 6.45) is 0.975. The van der Waals surface area contributed by atoms with Gasteiger partial charge in [-0.1, -0.05) is 0 Å². The number of hydrogen-bond donors (Lipinski definition) is 1. The zero-order chi connectivity index (χ0) is 19.5. The van der Waals surface area contributed by atoms with Crippen LogP contribution < -0.4 is 0 Å². The number of rotatable bonds is 4. The molecule has 1 saturated heterocycles. The second-order valence-corrected chi connectivity index (χ2v) is 10.4. The predicted octanol–water partition coefficient (Wildman–Crippen LogP) is 2.80. The monoisotopic (exact) mass is 401 g/mol. The number of carbonyl (C=O) groups excluding carboxylic acids is 1. The third-order valence-corrected chi connectivity index (χ3v) is 6.83. The minimum absolute atomic E-state index is 0.0838. The molecule has 2 atom stereocenters. The molecule has 6 nitrogen and oxygen atoms in total. The smallest absolute Gasteiger partial charge is 0.410 e. The van der Waals surface area contributed by atoms with Crippen molar-refractivity contribution in [2.75, 3.05) is 25.1 Å². The third kappa shape index (κ3) is 5.62.